The molecule has 1 aromatic carbocycles. The van der Waals surface area contributed by atoms with E-state index in [1.165, 1.54) is 33.4 Å². The molecule has 2 bridgehead atoms. The van der Waals surface area contributed by atoms with Crippen molar-refractivity contribution in [2.45, 2.75) is 31.7 Å². The Morgan fingerprint density at radius 2 is 1.88 bits per heavy atom. The van der Waals surface area contributed by atoms with Gasteiger partial charge in [-0.2, -0.15) is 12.7 Å². The molecule has 24 heavy (non-hydrogen) atoms. The van der Waals surface area contributed by atoms with Crippen molar-refractivity contribution in [3.8, 4) is 0 Å². The molecule has 3 atom stereocenters. The molecule has 2 saturated carbocycles. The van der Waals surface area contributed by atoms with Crippen LogP contribution < -0.4 is 9.62 Å². The van der Waals surface area contributed by atoms with Crippen LogP contribution in [0.15, 0.2) is 30.3 Å². The lowest BCUT2D eigenvalue weighted by molar-refractivity contribution is -0.120. The Labute approximate surface area is 144 Å². The number of nitrogens with zero attached hydrogens (tertiary/aromatic N) is 2. The first-order valence-corrected chi connectivity index (χ1v) is 9.82. The Bertz CT molecular complexity index is 690. The van der Waals surface area contributed by atoms with Crippen molar-refractivity contribution in [1.29, 1.82) is 0 Å². The molecule has 0 spiro atoms. The summed E-state index contributed by atoms with van der Waals surface area (Å²) < 4.78 is 27.5. The highest BCUT2D eigenvalue weighted by atomic mass is 32.2. The third kappa shape index (κ3) is 3.42. The zero-order chi connectivity index (χ0) is 17.3. The van der Waals surface area contributed by atoms with Gasteiger partial charge in [-0.05, 0) is 43.2 Å². The molecule has 7 heteroatoms. The van der Waals surface area contributed by atoms with Gasteiger partial charge in [-0.3, -0.25) is 4.79 Å². The first-order valence-electron chi connectivity index (χ1n) is 8.42. The number of fused-ring (bicyclic) bond motifs is 2. The lowest BCUT2D eigenvalue weighted by Crippen LogP contribution is -2.48. The molecule has 0 aliphatic heterocycles. The lowest BCUT2D eigenvalue weighted by atomic mass is 9.95. The van der Waals surface area contributed by atoms with Gasteiger partial charge < -0.3 is 5.32 Å². The van der Waals surface area contributed by atoms with E-state index in [-0.39, 0.29) is 18.5 Å². The molecule has 132 valence electrons. The number of carbonyl (C=O) groups is 1. The number of amides is 1. The van der Waals surface area contributed by atoms with Crippen LogP contribution in [0.3, 0.4) is 0 Å². The van der Waals surface area contributed by atoms with Crippen molar-refractivity contribution >= 4 is 21.8 Å². The molecule has 3 rings (SSSR count). The predicted octanol–water partition coefficient (Wildman–Crippen LogP) is 1.60. The molecule has 2 aliphatic rings. The van der Waals surface area contributed by atoms with E-state index in [0.29, 0.717) is 11.6 Å². The van der Waals surface area contributed by atoms with E-state index < -0.39 is 10.2 Å². The highest BCUT2D eigenvalue weighted by Crippen LogP contribution is 2.44. The summed E-state index contributed by atoms with van der Waals surface area (Å²) in [6.07, 6.45) is 4.67. The van der Waals surface area contributed by atoms with Crippen molar-refractivity contribution in [2.24, 2.45) is 11.8 Å². The number of hydrogen-bond donors (Lipinski definition) is 1. The van der Waals surface area contributed by atoms with Gasteiger partial charge in [-0.1, -0.05) is 24.6 Å². The van der Waals surface area contributed by atoms with Gasteiger partial charge in [0.15, 0.2) is 0 Å². The molecule has 0 radical (unpaired) electrons. The van der Waals surface area contributed by atoms with Crippen molar-refractivity contribution in [3.05, 3.63) is 30.3 Å². The minimum Gasteiger partial charge on any atom is -0.352 e. The number of hydrogen-bond acceptors (Lipinski definition) is 3. The molecule has 3 unspecified atom stereocenters. The Balaban J connectivity index is 1.73. The Kier molecular flexibility index (Phi) is 4.83. The van der Waals surface area contributed by atoms with Crippen LogP contribution in [0.2, 0.25) is 0 Å². The predicted molar refractivity (Wildman–Crippen MR) is 93.8 cm³/mol. The van der Waals surface area contributed by atoms with Crippen molar-refractivity contribution in [2.75, 3.05) is 24.9 Å². The van der Waals surface area contributed by atoms with E-state index in [1.54, 1.807) is 24.3 Å². The number of carbonyl (C=O) groups excluding carboxylic acids is 1. The summed E-state index contributed by atoms with van der Waals surface area (Å²) in [4.78, 5) is 12.5. The van der Waals surface area contributed by atoms with E-state index >= 15 is 0 Å². The number of nitrogens with one attached hydrogen (secondary N) is 1. The minimum absolute atomic E-state index is 0.196. The summed E-state index contributed by atoms with van der Waals surface area (Å²) in [6.45, 7) is -0.196. The van der Waals surface area contributed by atoms with Crippen LogP contribution in [-0.4, -0.2) is 45.3 Å². The fourth-order valence-corrected chi connectivity index (χ4v) is 4.96. The SMILES string of the molecule is CN(C)S(=O)(=O)N(CC(=O)NC1CC2CCC1C2)c1ccccc1. The maximum absolute atomic E-state index is 12.6. The highest BCUT2D eigenvalue weighted by molar-refractivity contribution is 7.90. The summed E-state index contributed by atoms with van der Waals surface area (Å²) in [5.41, 5.74) is 0.495. The van der Waals surface area contributed by atoms with Crippen molar-refractivity contribution in [1.82, 2.24) is 9.62 Å². The second-order valence-electron chi connectivity index (χ2n) is 6.98. The van der Waals surface area contributed by atoms with Gasteiger partial charge in [0.05, 0.1) is 5.69 Å². The lowest BCUT2D eigenvalue weighted by Gasteiger charge is -2.28. The molecule has 1 aromatic rings. The standard InChI is InChI=1S/C17H25N3O3S/c1-19(2)24(22,23)20(15-6-4-3-5-7-15)12-17(21)18-16-11-13-8-9-14(16)10-13/h3-7,13-14,16H,8-12H2,1-2H3,(H,18,21). The molecule has 0 aromatic heterocycles. The van der Waals surface area contributed by atoms with Crippen LogP contribution in [0.4, 0.5) is 5.69 Å². The monoisotopic (exact) mass is 351 g/mol. The van der Waals surface area contributed by atoms with Crippen LogP contribution in [0.25, 0.3) is 0 Å². The van der Waals surface area contributed by atoms with Gasteiger partial charge >= 0.3 is 10.2 Å². The average molecular weight is 351 g/mol. The number of rotatable bonds is 6. The largest absolute Gasteiger partial charge is 0.352 e. The van der Waals surface area contributed by atoms with Gasteiger partial charge in [0.25, 0.3) is 0 Å². The average Bonchev–Trinajstić information content (AvgIpc) is 3.16. The van der Waals surface area contributed by atoms with Gasteiger partial charge in [-0.25, -0.2) is 4.31 Å². The second-order valence-corrected chi connectivity index (χ2v) is 9.05. The third-order valence-electron chi connectivity index (χ3n) is 5.16. The zero-order valence-corrected chi connectivity index (χ0v) is 15.0. The van der Waals surface area contributed by atoms with Gasteiger partial charge in [-0.15, -0.1) is 0 Å². The van der Waals surface area contributed by atoms with Gasteiger partial charge in [0.2, 0.25) is 5.91 Å². The van der Waals surface area contributed by atoms with Gasteiger partial charge in [0, 0.05) is 20.1 Å². The number of para-hydroxylation sites is 1. The Morgan fingerprint density at radius 1 is 1.17 bits per heavy atom. The van der Waals surface area contributed by atoms with Crippen molar-refractivity contribution < 1.29 is 13.2 Å². The maximum Gasteiger partial charge on any atom is 0.304 e. The van der Waals surface area contributed by atoms with Crippen LogP contribution in [0.5, 0.6) is 0 Å². The summed E-state index contributed by atoms with van der Waals surface area (Å²) in [6, 6.07) is 8.95. The topological polar surface area (TPSA) is 69.7 Å². The molecule has 0 heterocycles. The fourth-order valence-electron chi connectivity index (χ4n) is 3.90. The Hall–Kier alpha value is -1.60. The summed E-state index contributed by atoms with van der Waals surface area (Å²) in [5, 5.41) is 3.06. The van der Waals surface area contributed by atoms with E-state index in [4.69, 9.17) is 0 Å². The molecule has 0 saturated heterocycles. The first-order chi connectivity index (χ1) is 11.4. The molecule has 2 aliphatic carbocycles. The van der Waals surface area contributed by atoms with Crippen LogP contribution in [-0.2, 0) is 15.0 Å². The number of benzene rings is 1. The van der Waals surface area contributed by atoms with E-state index in [0.717, 1.165) is 20.9 Å². The highest BCUT2D eigenvalue weighted by Gasteiger charge is 2.40. The maximum atomic E-state index is 12.6. The molecule has 1 amide bonds. The van der Waals surface area contributed by atoms with Crippen molar-refractivity contribution in [3.63, 3.8) is 0 Å². The fraction of sp³-hybridized carbons (Fsp3) is 0.588. The molecule has 2 fully saturated rings. The third-order valence-corrected chi connectivity index (χ3v) is 6.98. The molecular weight excluding hydrogens is 326 g/mol. The number of anilines is 1. The summed E-state index contributed by atoms with van der Waals surface area (Å²) >= 11 is 0. The van der Waals surface area contributed by atoms with E-state index in [1.807, 2.05) is 6.07 Å². The zero-order valence-electron chi connectivity index (χ0n) is 14.2. The van der Waals surface area contributed by atoms with E-state index in [2.05, 4.69) is 5.32 Å². The first kappa shape index (κ1) is 17.2. The smallest absolute Gasteiger partial charge is 0.304 e. The van der Waals surface area contributed by atoms with Crippen LogP contribution >= 0.6 is 0 Å². The molecule has 6 nitrogen and oxygen atoms in total. The minimum atomic E-state index is -3.73. The second kappa shape index (κ2) is 6.72. The molecule has 1 N–H and O–H groups in total. The molecular formula is C17H25N3O3S. The van der Waals surface area contributed by atoms with Crippen LogP contribution in [0, 0.1) is 11.8 Å². The van der Waals surface area contributed by atoms with Crippen LogP contribution in [0.1, 0.15) is 25.7 Å². The Morgan fingerprint density at radius 3 is 2.42 bits per heavy atom. The summed E-state index contributed by atoms with van der Waals surface area (Å²) in [7, 11) is -0.783. The van der Waals surface area contributed by atoms with E-state index in [9.17, 15) is 13.2 Å². The summed E-state index contributed by atoms with van der Waals surface area (Å²) in [5.74, 6) is 1.06. The normalized spacial score (nSPS) is 25.9. The van der Waals surface area contributed by atoms with Gasteiger partial charge in [0.1, 0.15) is 6.54 Å². The quantitative estimate of drug-likeness (QED) is 0.846.